The van der Waals surface area contributed by atoms with E-state index < -0.39 is 29.0 Å². The third kappa shape index (κ3) is 6.37. The fourth-order valence-corrected chi connectivity index (χ4v) is 1.87. The monoisotopic (exact) mass is 359 g/mol. The number of aliphatic hydroxyl groups excluding tert-OH is 1. The van der Waals surface area contributed by atoms with Crippen molar-refractivity contribution in [2.24, 2.45) is 0 Å². The molecule has 0 unspecified atom stereocenters. The molecule has 0 atom stereocenters. The topological polar surface area (TPSA) is 150 Å². The molecule has 0 fully saturated rings. The fourth-order valence-electron chi connectivity index (χ4n) is 1.87. The molecule has 0 bridgehead atoms. The Balaban J connectivity index is 2.85. The minimum atomic E-state index is -0.963. The molecular formula is C14H21N3O8. The van der Waals surface area contributed by atoms with Crippen LogP contribution in [-0.4, -0.2) is 51.0 Å². The number of ether oxygens (including phenoxy) is 2. The van der Waals surface area contributed by atoms with Crippen molar-refractivity contribution in [1.82, 2.24) is 14.1 Å². The largest absolute Gasteiger partial charge is 0.466 e. The van der Waals surface area contributed by atoms with E-state index in [1.165, 1.54) is 0 Å². The molecule has 1 aromatic heterocycles. The highest BCUT2D eigenvalue weighted by molar-refractivity contribution is 5.69. The molecule has 0 aliphatic heterocycles. The molecular weight excluding hydrogens is 338 g/mol. The van der Waals surface area contributed by atoms with Gasteiger partial charge in [-0.3, -0.25) is 14.6 Å². The van der Waals surface area contributed by atoms with Crippen molar-refractivity contribution in [2.75, 3.05) is 19.8 Å². The van der Waals surface area contributed by atoms with Gasteiger partial charge in [0.05, 0.1) is 26.1 Å². The zero-order valence-corrected chi connectivity index (χ0v) is 13.9. The summed E-state index contributed by atoms with van der Waals surface area (Å²) in [6.07, 6.45) is 0.142. The Morgan fingerprint density at radius 2 is 1.44 bits per heavy atom. The van der Waals surface area contributed by atoms with Crippen molar-refractivity contribution in [3.63, 3.8) is 0 Å². The molecule has 0 aromatic carbocycles. The average Bonchev–Trinajstić information content (AvgIpc) is 2.57. The van der Waals surface area contributed by atoms with E-state index in [9.17, 15) is 24.0 Å². The Bertz CT molecular complexity index is 701. The molecule has 0 spiro atoms. The number of aliphatic hydroxyl groups is 1. The summed E-state index contributed by atoms with van der Waals surface area (Å²) in [6, 6.07) is 0. The number of nitrogens with one attached hydrogen (secondary N) is 1. The number of aromatic nitrogens is 3. The van der Waals surface area contributed by atoms with Gasteiger partial charge in [0.25, 0.3) is 0 Å². The Morgan fingerprint density at radius 3 is 1.88 bits per heavy atom. The average molecular weight is 359 g/mol. The van der Waals surface area contributed by atoms with Gasteiger partial charge in [-0.05, 0) is 6.42 Å². The molecule has 1 aromatic rings. The predicted octanol–water partition coefficient (Wildman–Crippen LogP) is -2.03. The number of H-pyrrole nitrogens is 1. The molecule has 25 heavy (non-hydrogen) atoms. The van der Waals surface area contributed by atoms with Gasteiger partial charge in [0.2, 0.25) is 0 Å². The second-order valence-electron chi connectivity index (χ2n) is 4.99. The van der Waals surface area contributed by atoms with Gasteiger partial charge in [-0.25, -0.2) is 23.5 Å². The zero-order chi connectivity index (χ0) is 18.8. The third-order valence-electron chi connectivity index (χ3n) is 3.07. The molecule has 1 heterocycles. The smallest absolute Gasteiger partial charge is 0.336 e. The normalized spacial score (nSPS) is 10.5. The minimum Gasteiger partial charge on any atom is -0.466 e. The number of aromatic amines is 1. The molecule has 0 saturated heterocycles. The van der Waals surface area contributed by atoms with Crippen LogP contribution in [0.4, 0.5) is 0 Å². The highest BCUT2D eigenvalue weighted by Gasteiger charge is 2.13. The number of hydrogen-bond donors (Lipinski definition) is 2. The van der Waals surface area contributed by atoms with E-state index in [0.29, 0.717) is 15.6 Å². The van der Waals surface area contributed by atoms with Crippen molar-refractivity contribution >= 4 is 11.9 Å². The van der Waals surface area contributed by atoms with E-state index in [1.54, 1.807) is 0 Å². The standard InChI is InChI=1S/C14H21N3O8/c1-2-8-24-10(19)3-5-16-12(21)15-13(22)17(14(16)23)6-4-11(20)25-9-7-18/h18H,2-9H2,1H3,(H,15,21,22). The number of esters is 2. The van der Waals surface area contributed by atoms with Gasteiger partial charge in [0.15, 0.2) is 0 Å². The molecule has 0 saturated carbocycles. The van der Waals surface area contributed by atoms with E-state index in [2.05, 4.69) is 4.74 Å². The van der Waals surface area contributed by atoms with Crippen LogP contribution in [0.5, 0.6) is 0 Å². The van der Waals surface area contributed by atoms with Crippen LogP contribution in [0.25, 0.3) is 0 Å². The maximum Gasteiger partial charge on any atom is 0.336 e. The van der Waals surface area contributed by atoms with Gasteiger partial charge in [0, 0.05) is 13.1 Å². The van der Waals surface area contributed by atoms with Crippen LogP contribution in [0.1, 0.15) is 26.2 Å². The molecule has 11 nitrogen and oxygen atoms in total. The Kier molecular flexibility index (Phi) is 8.33. The van der Waals surface area contributed by atoms with E-state index in [4.69, 9.17) is 9.84 Å². The lowest BCUT2D eigenvalue weighted by Crippen LogP contribution is -2.49. The molecule has 11 heteroatoms. The zero-order valence-electron chi connectivity index (χ0n) is 13.9. The van der Waals surface area contributed by atoms with Crippen LogP contribution in [0.2, 0.25) is 0 Å². The van der Waals surface area contributed by atoms with Gasteiger partial charge >= 0.3 is 29.0 Å². The summed E-state index contributed by atoms with van der Waals surface area (Å²) >= 11 is 0. The quantitative estimate of drug-likeness (QED) is 0.454. The number of hydrogen-bond acceptors (Lipinski definition) is 8. The van der Waals surface area contributed by atoms with E-state index in [-0.39, 0.29) is 45.8 Å². The molecule has 0 aliphatic rings. The van der Waals surface area contributed by atoms with Crippen LogP contribution < -0.4 is 17.1 Å². The number of rotatable bonds is 10. The molecule has 1 rings (SSSR count). The summed E-state index contributed by atoms with van der Waals surface area (Å²) < 4.78 is 10.8. The number of carbonyl (C=O) groups excluding carboxylic acids is 2. The summed E-state index contributed by atoms with van der Waals surface area (Å²) in [4.78, 5) is 60.5. The lowest BCUT2D eigenvalue weighted by Gasteiger charge is -2.09. The molecule has 140 valence electrons. The van der Waals surface area contributed by atoms with E-state index in [0.717, 1.165) is 0 Å². The van der Waals surface area contributed by atoms with Gasteiger partial charge in [-0.1, -0.05) is 6.92 Å². The highest BCUT2D eigenvalue weighted by atomic mass is 16.5. The van der Waals surface area contributed by atoms with Gasteiger partial charge in [0.1, 0.15) is 6.61 Å². The lowest BCUT2D eigenvalue weighted by molar-refractivity contribution is -0.145. The molecule has 0 amide bonds. The summed E-state index contributed by atoms with van der Waals surface area (Å²) in [5.74, 6) is -1.28. The maximum atomic E-state index is 12.2. The maximum absolute atomic E-state index is 12.2. The first-order chi connectivity index (χ1) is 11.9. The fraction of sp³-hybridized carbons (Fsp3) is 0.643. The number of carbonyl (C=O) groups is 2. The first-order valence-corrected chi connectivity index (χ1v) is 7.76. The van der Waals surface area contributed by atoms with E-state index >= 15 is 0 Å². The number of nitrogens with zero attached hydrogens (tertiary/aromatic N) is 2. The highest BCUT2D eigenvalue weighted by Crippen LogP contribution is 1.91. The summed E-state index contributed by atoms with van der Waals surface area (Å²) in [7, 11) is 0. The third-order valence-corrected chi connectivity index (χ3v) is 3.07. The van der Waals surface area contributed by atoms with Crippen LogP contribution in [-0.2, 0) is 32.2 Å². The van der Waals surface area contributed by atoms with E-state index in [1.807, 2.05) is 11.9 Å². The van der Waals surface area contributed by atoms with Crippen LogP contribution in [0, 0.1) is 0 Å². The minimum absolute atomic E-state index is 0.191. The van der Waals surface area contributed by atoms with Crippen molar-refractivity contribution in [2.45, 2.75) is 39.3 Å². The van der Waals surface area contributed by atoms with Gasteiger partial charge in [-0.2, -0.15) is 0 Å². The first-order valence-electron chi connectivity index (χ1n) is 7.76. The summed E-state index contributed by atoms with van der Waals surface area (Å²) in [5, 5.41) is 8.55. The van der Waals surface area contributed by atoms with Gasteiger partial charge in [-0.15, -0.1) is 0 Å². The molecule has 0 aliphatic carbocycles. The van der Waals surface area contributed by atoms with Crippen molar-refractivity contribution in [1.29, 1.82) is 0 Å². The Labute approximate surface area is 141 Å². The summed E-state index contributed by atoms with van der Waals surface area (Å²) in [5.41, 5.74) is -2.85. The van der Waals surface area contributed by atoms with Crippen LogP contribution >= 0.6 is 0 Å². The molecule has 2 N–H and O–H groups in total. The molecule has 0 radical (unpaired) electrons. The second kappa shape index (κ2) is 10.2. The van der Waals surface area contributed by atoms with Crippen LogP contribution in [0.3, 0.4) is 0 Å². The Morgan fingerprint density at radius 1 is 0.960 bits per heavy atom. The van der Waals surface area contributed by atoms with Crippen molar-refractivity contribution in [3.8, 4) is 0 Å². The Hall–Kier alpha value is -2.69. The summed E-state index contributed by atoms with van der Waals surface area (Å²) in [6.45, 7) is 0.961. The SMILES string of the molecule is CCCOC(=O)CCn1c(=O)[nH]c(=O)n(CCC(=O)OCCO)c1=O. The second-order valence-corrected chi connectivity index (χ2v) is 4.99. The van der Waals surface area contributed by atoms with Gasteiger partial charge < -0.3 is 14.6 Å². The van der Waals surface area contributed by atoms with Crippen LogP contribution in [0.15, 0.2) is 14.4 Å². The first kappa shape index (κ1) is 20.4. The van der Waals surface area contributed by atoms with Crippen molar-refractivity contribution in [3.05, 3.63) is 31.5 Å². The van der Waals surface area contributed by atoms with Crippen molar-refractivity contribution < 1.29 is 24.2 Å². The lowest BCUT2D eigenvalue weighted by atomic mass is 10.4. The predicted molar refractivity (Wildman–Crippen MR) is 84.1 cm³/mol.